The Hall–Kier alpha value is -1.98. The van der Waals surface area contributed by atoms with Gasteiger partial charge in [-0.15, -0.1) is 0 Å². The van der Waals surface area contributed by atoms with Crippen molar-refractivity contribution in [2.45, 2.75) is 26.2 Å². The second-order valence-corrected chi connectivity index (χ2v) is 4.42. The van der Waals surface area contributed by atoms with Crippen molar-refractivity contribution in [3.8, 4) is 0 Å². The van der Waals surface area contributed by atoms with Crippen LogP contribution in [0.3, 0.4) is 0 Å². The van der Waals surface area contributed by atoms with Gasteiger partial charge in [-0.05, 0) is 25.0 Å². The van der Waals surface area contributed by atoms with Crippen molar-refractivity contribution >= 4 is 0 Å². The maximum atomic E-state index is 13.7. The summed E-state index contributed by atoms with van der Waals surface area (Å²) >= 11 is 0. The molecule has 0 aliphatic heterocycles. The van der Waals surface area contributed by atoms with Crippen molar-refractivity contribution in [3.05, 3.63) is 72.9 Å². The van der Waals surface area contributed by atoms with Gasteiger partial charge in [0.1, 0.15) is 0 Å². The molecule has 0 bridgehead atoms. The zero-order valence-corrected chi connectivity index (χ0v) is 12.8. The van der Waals surface area contributed by atoms with Crippen LogP contribution in [0.25, 0.3) is 0 Å². The van der Waals surface area contributed by atoms with Gasteiger partial charge in [-0.3, -0.25) is 0 Å². The number of rotatable bonds is 6. The molecule has 0 aliphatic carbocycles. The summed E-state index contributed by atoms with van der Waals surface area (Å²) < 4.78 is 82.1. The molecular formula is C17H18F6. The van der Waals surface area contributed by atoms with E-state index in [-0.39, 0.29) is 0 Å². The molecule has 23 heavy (non-hydrogen) atoms. The Balaban J connectivity index is 6.92. The summed E-state index contributed by atoms with van der Waals surface area (Å²) in [5, 5.41) is 0. The largest absolute Gasteiger partial charge is 0.411 e. The number of halogens is 6. The quantitative estimate of drug-likeness (QED) is 0.385. The molecule has 0 rings (SSSR count). The highest BCUT2D eigenvalue weighted by Gasteiger charge is 2.73. The second kappa shape index (κ2) is 8.04. The van der Waals surface area contributed by atoms with Crippen molar-refractivity contribution in [2.75, 3.05) is 0 Å². The molecule has 0 nitrogen and oxygen atoms in total. The molecule has 0 saturated heterocycles. The van der Waals surface area contributed by atoms with E-state index in [1.54, 1.807) is 0 Å². The highest BCUT2D eigenvalue weighted by Crippen LogP contribution is 2.59. The van der Waals surface area contributed by atoms with E-state index in [4.69, 9.17) is 0 Å². The van der Waals surface area contributed by atoms with Gasteiger partial charge in [-0.1, -0.05) is 61.8 Å². The number of hydrogen-bond donors (Lipinski definition) is 0. The summed E-state index contributed by atoms with van der Waals surface area (Å²) in [6.45, 7) is 8.79. The first-order valence-electron chi connectivity index (χ1n) is 6.59. The van der Waals surface area contributed by atoms with E-state index in [0.717, 1.165) is 62.5 Å². The number of allylic oxidation sites excluding steroid dienone is 10. The van der Waals surface area contributed by atoms with Crippen LogP contribution < -0.4 is 0 Å². The van der Waals surface area contributed by atoms with E-state index in [1.165, 1.54) is 0 Å². The molecule has 0 unspecified atom stereocenters. The van der Waals surface area contributed by atoms with E-state index < -0.39 is 28.9 Å². The predicted octanol–water partition coefficient (Wildman–Crippen LogP) is 6.47. The van der Waals surface area contributed by atoms with Crippen LogP contribution in [0.1, 0.15) is 13.8 Å². The van der Waals surface area contributed by atoms with E-state index >= 15 is 0 Å². The Morgan fingerprint density at radius 1 is 0.696 bits per heavy atom. The summed E-state index contributed by atoms with van der Waals surface area (Å²) in [5.41, 5.74) is -6.00. The third-order valence-electron chi connectivity index (χ3n) is 3.16. The third-order valence-corrected chi connectivity index (χ3v) is 3.16. The summed E-state index contributed by atoms with van der Waals surface area (Å²) in [4.78, 5) is 0. The van der Waals surface area contributed by atoms with Crippen LogP contribution in [-0.4, -0.2) is 12.4 Å². The van der Waals surface area contributed by atoms with Crippen LogP contribution in [0.2, 0.25) is 0 Å². The Kier molecular flexibility index (Phi) is 7.34. The summed E-state index contributed by atoms with van der Waals surface area (Å²) in [7, 11) is 0. The average molecular weight is 336 g/mol. The van der Waals surface area contributed by atoms with Gasteiger partial charge in [0.2, 0.25) is 5.41 Å². The van der Waals surface area contributed by atoms with Crippen LogP contribution in [0.15, 0.2) is 72.9 Å². The Labute approximate surface area is 131 Å². The molecule has 0 aromatic carbocycles. The number of hydrogen-bond acceptors (Lipinski definition) is 0. The molecule has 128 valence electrons. The third kappa shape index (κ3) is 4.06. The highest BCUT2D eigenvalue weighted by atomic mass is 19.4. The zero-order chi connectivity index (χ0) is 18.3. The molecule has 0 atom stereocenters. The second-order valence-electron chi connectivity index (χ2n) is 4.42. The lowest BCUT2D eigenvalue weighted by atomic mass is 9.71. The maximum Gasteiger partial charge on any atom is 0.411 e. The van der Waals surface area contributed by atoms with Crippen molar-refractivity contribution in [3.63, 3.8) is 0 Å². The van der Waals surface area contributed by atoms with Crippen molar-refractivity contribution in [1.29, 1.82) is 0 Å². The van der Waals surface area contributed by atoms with Gasteiger partial charge in [0, 0.05) is 0 Å². The molecular weight excluding hydrogens is 318 g/mol. The Morgan fingerprint density at radius 3 is 1.17 bits per heavy atom. The smallest absolute Gasteiger partial charge is 0.169 e. The van der Waals surface area contributed by atoms with Gasteiger partial charge < -0.3 is 0 Å². The fourth-order valence-corrected chi connectivity index (χ4v) is 2.20. The van der Waals surface area contributed by atoms with Crippen LogP contribution in [0.4, 0.5) is 26.3 Å². The van der Waals surface area contributed by atoms with Gasteiger partial charge in [-0.25, -0.2) is 0 Å². The zero-order valence-electron chi connectivity index (χ0n) is 12.8. The van der Waals surface area contributed by atoms with Crippen molar-refractivity contribution in [1.82, 2.24) is 0 Å². The van der Waals surface area contributed by atoms with E-state index in [0.29, 0.717) is 0 Å². The molecule has 0 fully saturated rings. The van der Waals surface area contributed by atoms with Gasteiger partial charge in [0.25, 0.3) is 0 Å². The van der Waals surface area contributed by atoms with E-state index in [1.807, 2.05) is 0 Å². The topological polar surface area (TPSA) is 0 Å². The van der Waals surface area contributed by atoms with Crippen LogP contribution >= 0.6 is 0 Å². The molecule has 0 radical (unpaired) electrons. The highest BCUT2D eigenvalue weighted by molar-refractivity contribution is 5.46. The van der Waals surface area contributed by atoms with Crippen LogP contribution in [-0.2, 0) is 0 Å². The SMILES string of the molecule is C=C/C=C\C(=C/C)C(C(/C=C\C=C)=C/C)(C(F)(F)F)C(F)(F)F. The molecule has 0 heterocycles. The molecule has 0 saturated carbocycles. The minimum atomic E-state index is -5.59. The standard InChI is InChI=1S/C17H18F6/c1-5-9-11-13(7-3)15(16(18,19)20,17(21,22)23)14(8-4)12-10-6-2/h5-12H,1-2H2,3-4H3/b11-9-,12-10-,13-7+,14-8+. The molecule has 6 heteroatoms. The molecule has 0 spiro atoms. The molecule has 0 aliphatic rings. The fraction of sp³-hybridized carbons (Fsp3) is 0.294. The summed E-state index contributed by atoms with van der Waals surface area (Å²) in [6, 6.07) is 0. The molecule has 0 aromatic heterocycles. The van der Waals surface area contributed by atoms with Crippen LogP contribution in [0.5, 0.6) is 0 Å². The molecule has 0 N–H and O–H groups in total. The molecule has 0 amide bonds. The first-order chi connectivity index (χ1) is 10.5. The van der Waals surface area contributed by atoms with Crippen molar-refractivity contribution < 1.29 is 26.3 Å². The minimum absolute atomic E-state index is 0.763. The lowest BCUT2D eigenvalue weighted by molar-refractivity contribution is -0.308. The predicted molar refractivity (Wildman–Crippen MR) is 80.7 cm³/mol. The average Bonchev–Trinajstić information content (AvgIpc) is 2.43. The van der Waals surface area contributed by atoms with Crippen LogP contribution in [0, 0.1) is 5.41 Å². The minimum Gasteiger partial charge on any atom is -0.169 e. The molecule has 0 aromatic rings. The Morgan fingerprint density at radius 2 is 1.00 bits per heavy atom. The first-order valence-corrected chi connectivity index (χ1v) is 6.59. The summed E-state index contributed by atoms with van der Waals surface area (Å²) in [5.74, 6) is 0. The van der Waals surface area contributed by atoms with E-state index in [2.05, 4.69) is 13.2 Å². The first kappa shape index (κ1) is 21.0. The lowest BCUT2D eigenvalue weighted by Crippen LogP contribution is -2.52. The van der Waals surface area contributed by atoms with Crippen molar-refractivity contribution in [2.24, 2.45) is 5.41 Å². The van der Waals surface area contributed by atoms with Gasteiger partial charge in [0.15, 0.2) is 0 Å². The van der Waals surface area contributed by atoms with Gasteiger partial charge >= 0.3 is 12.4 Å². The lowest BCUT2D eigenvalue weighted by Gasteiger charge is -2.39. The van der Waals surface area contributed by atoms with Gasteiger partial charge in [-0.2, -0.15) is 26.3 Å². The summed E-state index contributed by atoms with van der Waals surface area (Å²) in [6.07, 6.45) is -3.78. The van der Waals surface area contributed by atoms with E-state index in [9.17, 15) is 26.3 Å². The Bertz CT molecular complexity index is 488. The number of alkyl halides is 6. The van der Waals surface area contributed by atoms with Gasteiger partial charge in [0.05, 0.1) is 0 Å². The normalized spacial score (nSPS) is 15.5. The monoisotopic (exact) mass is 336 g/mol. The maximum absolute atomic E-state index is 13.7. The fourth-order valence-electron chi connectivity index (χ4n) is 2.20.